The van der Waals surface area contributed by atoms with E-state index in [1.54, 1.807) is 0 Å². The van der Waals surface area contributed by atoms with Crippen molar-refractivity contribution in [1.29, 1.82) is 0 Å². The number of likely N-dealkylation sites (N-methyl/N-ethyl adjacent to an activating group) is 1. The van der Waals surface area contributed by atoms with E-state index in [9.17, 15) is 0 Å². The van der Waals surface area contributed by atoms with Crippen LogP contribution in [-0.2, 0) is 0 Å². The number of hydrogen-bond acceptors (Lipinski definition) is 2. The average molecular weight is 242 g/mol. The molecule has 0 radical (unpaired) electrons. The van der Waals surface area contributed by atoms with Gasteiger partial charge in [-0.3, -0.25) is 0 Å². The van der Waals surface area contributed by atoms with Crippen LogP contribution in [0.4, 0.5) is 0 Å². The second-order valence-corrected chi connectivity index (χ2v) is 7.07. The van der Waals surface area contributed by atoms with Crippen LogP contribution in [-0.4, -0.2) is 37.6 Å². The fourth-order valence-electron chi connectivity index (χ4n) is 2.24. The third-order valence-electron chi connectivity index (χ3n) is 3.01. The minimum absolute atomic E-state index is 0.469. The Labute approximate surface area is 109 Å². The maximum absolute atomic E-state index is 3.46. The maximum atomic E-state index is 3.46. The van der Waals surface area contributed by atoms with Gasteiger partial charge in [-0.2, -0.15) is 0 Å². The highest BCUT2D eigenvalue weighted by Crippen LogP contribution is 2.25. The third kappa shape index (κ3) is 12.2. The van der Waals surface area contributed by atoms with Crippen molar-refractivity contribution in [3.8, 4) is 0 Å². The zero-order chi connectivity index (χ0) is 13.5. The molecule has 0 rings (SSSR count). The Bertz CT molecular complexity index is 182. The van der Waals surface area contributed by atoms with Crippen molar-refractivity contribution >= 4 is 0 Å². The fraction of sp³-hybridized carbons (Fsp3) is 1.00. The second-order valence-electron chi connectivity index (χ2n) is 7.07. The van der Waals surface area contributed by atoms with Gasteiger partial charge in [-0.15, -0.1) is 0 Å². The van der Waals surface area contributed by atoms with E-state index in [0.29, 0.717) is 11.5 Å². The molecule has 1 N–H and O–H groups in total. The molecule has 0 amide bonds. The lowest BCUT2D eigenvalue weighted by molar-refractivity contribution is 0.254. The standard InChI is InChI=1S/C15H34N2/c1-13(2)16-9-11-17(7)10-8-14(3)12-15(4,5)6/h13-14,16H,8-12H2,1-7H3. The summed E-state index contributed by atoms with van der Waals surface area (Å²) in [6, 6.07) is 0.600. The summed E-state index contributed by atoms with van der Waals surface area (Å²) in [6.45, 7) is 17.3. The molecule has 0 aromatic rings. The molecule has 0 aliphatic rings. The lowest BCUT2D eigenvalue weighted by Crippen LogP contribution is -2.33. The van der Waals surface area contributed by atoms with E-state index in [2.05, 4.69) is 58.8 Å². The molecule has 104 valence electrons. The maximum Gasteiger partial charge on any atom is 0.0104 e. The molecule has 2 heteroatoms. The van der Waals surface area contributed by atoms with E-state index in [4.69, 9.17) is 0 Å². The molecule has 0 aromatic carbocycles. The largest absolute Gasteiger partial charge is 0.313 e. The van der Waals surface area contributed by atoms with Crippen LogP contribution in [0.15, 0.2) is 0 Å². The quantitative estimate of drug-likeness (QED) is 0.702. The first kappa shape index (κ1) is 16.9. The molecule has 1 unspecified atom stereocenters. The second kappa shape index (κ2) is 8.10. The number of nitrogens with zero attached hydrogens (tertiary/aromatic N) is 1. The van der Waals surface area contributed by atoms with E-state index in [1.165, 1.54) is 19.4 Å². The van der Waals surface area contributed by atoms with Gasteiger partial charge in [0, 0.05) is 19.1 Å². The van der Waals surface area contributed by atoms with Gasteiger partial charge in [0.25, 0.3) is 0 Å². The molecule has 0 spiro atoms. The highest BCUT2D eigenvalue weighted by Gasteiger charge is 2.15. The molecule has 0 saturated heterocycles. The summed E-state index contributed by atoms with van der Waals surface area (Å²) in [5, 5.41) is 3.46. The average Bonchev–Trinajstić information content (AvgIpc) is 2.11. The Morgan fingerprint density at radius 3 is 2.12 bits per heavy atom. The monoisotopic (exact) mass is 242 g/mol. The minimum Gasteiger partial charge on any atom is -0.313 e. The SMILES string of the molecule is CC(CCN(C)CCNC(C)C)CC(C)(C)C. The van der Waals surface area contributed by atoms with E-state index < -0.39 is 0 Å². The van der Waals surface area contributed by atoms with Crippen molar-refractivity contribution in [3.05, 3.63) is 0 Å². The topological polar surface area (TPSA) is 15.3 Å². The lowest BCUT2D eigenvalue weighted by Gasteiger charge is -2.25. The summed E-state index contributed by atoms with van der Waals surface area (Å²) in [5.74, 6) is 0.829. The van der Waals surface area contributed by atoms with Crippen LogP contribution in [0, 0.1) is 11.3 Å². The minimum atomic E-state index is 0.469. The Kier molecular flexibility index (Phi) is 8.06. The number of hydrogen-bond donors (Lipinski definition) is 1. The highest BCUT2D eigenvalue weighted by atomic mass is 15.1. The molecule has 0 aromatic heterocycles. The predicted octanol–water partition coefficient (Wildman–Crippen LogP) is 3.38. The van der Waals surface area contributed by atoms with E-state index in [0.717, 1.165) is 19.0 Å². The molecule has 0 aliphatic heterocycles. The summed E-state index contributed by atoms with van der Waals surface area (Å²) in [4.78, 5) is 2.44. The smallest absolute Gasteiger partial charge is 0.0104 e. The van der Waals surface area contributed by atoms with E-state index >= 15 is 0 Å². The molecule has 1 atom stereocenters. The number of rotatable bonds is 8. The zero-order valence-corrected chi connectivity index (χ0v) is 13.1. The molecule has 2 nitrogen and oxygen atoms in total. The van der Waals surface area contributed by atoms with Gasteiger partial charge in [0.05, 0.1) is 0 Å². The van der Waals surface area contributed by atoms with Crippen molar-refractivity contribution in [2.75, 3.05) is 26.7 Å². The van der Waals surface area contributed by atoms with Gasteiger partial charge in [0.15, 0.2) is 0 Å². The lowest BCUT2D eigenvalue weighted by atomic mass is 9.84. The zero-order valence-electron chi connectivity index (χ0n) is 13.1. The summed E-state index contributed by atoms with van der Waals surface area (Å²) in [6.07, 6.45) is 2.64. The van der Waals surface area contributed by atoms with Gasteiger partial charge in [0.1, 0.15) is 0 Å². The van der Waals surface area contributed by atoms with Gasteiger partial charge >= 0.3 is 0 Å². The van der Waals surface area contributed by atoms with Crippen molar-refractivity contribution < 1.29 is 0 Å². The molecule has 0 saturated carbocycles. The Morgan fingerprint density at radius 2 is 1.65 bits per heavy atom. The van der Waals surface area contributed by atoms with Crippen LogP contribution in [0.3, 0.4) is 0 Å². The molecular weight excluding hydrogens is 208 g/mol. The van der Waals surface area contributed by atoms with Gasteiger partial charge < -0.3 is 10.2 Å². The van der Waals surface area contributed by atoms with Crippen molar-refractivity contribution in [1.82, 2.24) is 10.2 Å². The molecule has 17 heavy (non-hydrogen) atoms. The van der Waals surface area contributed by atoms with Crippen molar-refractivity contribution in [3.63, 3.8) is 0 Å². The Morgan fingerprint density at radius 1 is 1.06 bits per heavy atom. The summed E-state index contributed by atoms with van der Waals surface area (Å²) < 4.78 is 0. The Balaban J connectivity index is 3.59. The molecule has 0 fully saturated rings. The van der Waals surface area contributed by atoms with Crippen LogP contribution < -0.4 is 5.32 Å². The van der Waals surface area contributed by atoms with Gasteiger partial charge in [0.2, 0.25) is 0 Å². The van der Waals surface area contributed by atoms with Gasteiger partial charge in [-0.05, 0) is 37.8 Å². The fourth-order valence-corrected chi connectivity index (χ4v) is 2.24. The predicted molar refractivity (Wildman–Crippen MR) is 78.5 cm³/mol. The molecule has 0 aliphatic carbocycles. The summed E-state index contributed by atoms with van der Waals surface area (Å²) in [7, 11) is 2.23. The molecule has 0 heterocycles. The van der Waals surface area contributed by atoms with Crippen LogP contribution in [0.5, 0.6) is 0 Å². The Hall–Kier alpha value is -0.0800. The summed E-state index contributed by atoms with van der Waals surface area (Å²) >= 11 is 0. The normalized spacial score (nSPS) is 14.6. The van der Waals surface area contributed by atoms with Crippen LogP contribution >= 0.6 is 0 Å². The van der Waals surface area contributed by atoms with Gasteiger partial charge in [-0.25, -0.2) is 0 Å². The van der Waals surface area contributed by atoms with Crippen molar-refractivity contribution in [2.24, 2.45) is 11.3 Å². The first-order valence-corrected chi connectivity index (χ1v) is 7.12. The molecular formula is C15H34N2. The third-order valence-corrected chi connectivity index (χ3v) is 3.01. The number of nitrogens with one attached hydrogen (secondary N) is 1. The van der Waals surface area contributed by atoms with Crippen molar-refractivity contribution in [2.45, 2.75) is 60.4 Å². The highest BCUT2D eigenvalue weighted by molar-refractivity contribution is 4.68. The molecule has 0 bridgehead atoms. The summed E-state index contributed by atoms with van der Waals surface area (Å²) in [5.41, 5.74) is 0.469. The van der Waals surface area contributed by atoms with Crippen LogP contribution in [0.2, 0.25) is 0 Å². The van der Waals surface area contributed by atoms with E-state index in [-0.39, 0.29) is 0 Å². The van der Waals surface area contributed by atoms with Crippen LogP contribution in [0.25, 0.3) is 0 Å². The first-order valence-electron chi connectivity index (χ1n) is 7.12. The van der Waals surface area contributed by atoms with E-state index in [1.807, 2.05) is 0 Å². The first-order chi connectivity index (χ1) is 7.70. The van der Waals surface area contributed by atoms with Crippen LogP contribution in [0.1, 0.15) is 54.4 Å². The van der Waals surface area contributed by atoms with Gasteiger partial charge in [-0.1, -0.05) is 41.5 Å².